The topological polar surface area (TPSA) is 35.2 Å². The van der Waals surface area contributed by atoms with Gasteiger partial charge in [-0.3, -0.25) is 0 Å². The quantitative estimate of drug-likeness (QED) is 0.653. The molecule has 0 radical (unpaired) electrons. The first-order chi connectivity index (χ1) is 5.59. The molecule has 0 aliphatic carbocycles. The predicted molar refractivity (Wildman–Crippen MR) is 50.9 cm³/mol. The second-order valence-electron chi connectivity index (χ2n) is 3.96. The zero-order valence-electron chi connectivity index (χ0n) is 8.05. The van der Waals surface area contributed by atoms with Crippen LogP contribution in [0.15, 0.2) is 12.2 Å². The minimum absolute atomic E-state index is 0.243. The van der Waals surface area contributed by atoms with Gasteiger partial charge in [-0.15, -0.1) is 6.58 Å². The third-order valence-electron chi connectivity index (χ3n) is 2.42. The number of hydrogen-bond donors (Lipinski definition) is 1. The summed E-state index contributed by atoms with van der Waals surface area (Å²) in [4.78, 5) is 0. The van der Waals surface area contributed by atoms with E-state index in [4.69, 9.17) is 10.5 Å². The van der Waals surface area contributed by atoms with Gasteiger partial charge in [-0.05, 0) is 26.7 Å². The van der Waals surface area contributed by atoms with E-state index < -0.39 is 0 Å². The van der Waals surface area contributed by atoms with Crippen molar-refractivity contribution in [2.45, 2.75) is 38.8 Å². The Kier molecular flexibility index (Phi) is 3.29. The summed E-state index contributed by atoms with van der Waals surface area (Å²) in [5, 5.41) is 0. The van der Waals surface area contributed by atoms with E-state index in [0.717, 1.165) is 19.4 Å². The molecule has 0 bridgehead atoms. The highest BCUT2D eigenvalue weighted by Gasteiger charge is 2.26. The van der Waals surface area contributed by atoms with Gasteiger partial charge < -0.3 is 10.5 Å². The number of rotatable bonds is 3. The van der Waals surface area contributed by atoms with Crippen molar-refractivity contribution >= 4 is 0 Å². The average molecular weight is 169 g/mol. The van der Waals surface area contributed by atoms with Crippen LogP contribution in [0.3, 0.4) is 0 Å². The normalized spacial score (nSPS) is 31.9. The first kappa shape index (κ1) is 9.75. The molecule has 0 saturated carbocycles. The highest BCUT2D eigenvalue weighted by atomic mass is 16.5. The molecule has 0 aromatic rings. The van der Waals surface area contributed by atoms with Crippen LogP contribution in [0.2, 0.25) is 0 Å². The second-order valence-corrected chi connectivity index (χ2v) is 3.96. The molecule has 0 aromatic carbocycles. The molecule has 1 aliphatic heterocycles. The third kappa shape index (κ3) is 2.61. The van der Waals surface area contributed by atoms with E-state index in [1.807, 2.05) is 6.92 Å². The minimum atomic E-state index is 0.243. The molecule has 3 unspecified atom stereocenters. The molecule has 1 rings (SSSR count). The fourth-order valence-corrected chi connectivity index (χ4v) is 1.72. The smallest absolute Gasteiger partial charge is 0.0551 e. The summed E-state index contributed by atoms with van der Waals surface area (Å²) >= 11 is 0. The van der Waals surface area contributed by atoms with E-state index >= 15 is 0 Å². The van der Waals surface area contributed by atoms with Crippen molar-refractivity contribution in [2.24, 2.45) is 11.7 Å². The molecule has 1 fully saturated rings. The zero-order valence-corrected chi connectivity index (χ0v) is 8.05. The highest BCUT2D eigenvalue weighted by Crippen LogP contribution is 2.23. The van der Waals surface area contributed by atoms with Crippen LogP contribution in [-0.4, -0.2) is 18.8 Å². The Labute approximate surface area is 74.8 Å². The van der Waals surface area contributed by atoms with E-state index in [9.17, 15) is 0 Å². The van der Waals surface area contributed by atoms with Crippen molar-refractivity contribution < 1.29 is 4.74 Å². The van der Waals surface area contributed by atoms with Crippen LogP contribution in [0.4, 0.5) is 0 Å². The molecule has 2 heteroatoms. The standard InChI is InChI=1S/C10H19NO/c1-7(2)4-10(11)9-5-8(3)12-6-9/h8-10H,1,4-6,11H2,2-3H3. The van der Waals surface area contributed by atoms with E-state index in [1.165, 1.54) is 5.57 Å². The fraction of sp³-hybridized carbons (Fsp3) is 0.800. The van der Waals surface area contributed by atoms with Gasteiger partial charge in [0.25, 0.3) is 0 Å². The zero-order chi connectivity index (χ0) is 9.14. The van der Waals surface area contributed by atoms with Crippen LogP contribution in [0.25, 0.3) is 0 Å². The number of nitrogens with two attached hydrogens (primary N) is 1. The average Bonchev–Trinajstić information content (AvgIpc) is 2.34. The molecule has 1 heterocycles. The summed E-state index contributed by atoms with van der Waals surface area (Å²) in [6.07, 6.45) is 2.43. The van der Waals surface area contributed by atoms with Crippen molar-refractivity contribution in [1.29, 1.82) is 0 Å². The number of ether oxygens (including phenoxy) is 1. The van der Waals surface area contributed by atoms with Gasteiger partial charge >= 0.3 is 0 Å². The van der Waals surface area contributed by atoms with Crippen molar-refractivity contribution in [2.75, 3.05) is 6.61 Å². The van der Waals surface area contributed by atoms with Gasteiger partial charge in [0.05, 0.1) is 12.7 Å². The van der Waals surface area contributed by atoms with Gasteiger partial charge in [0.15, 0.2) is 0 Å². The maximum Gasteiger partial charge on any atom is 0.0551 e. The van der Waals surface area contributed by atoms with E-state index in [0.29, 0.717) is 12.0 Å². The molecular weight excluding hydrogens is 150 g/mol. The molecular formula is C10H19NO. The molecule has 0 amide bonds. The molecule has 12 heavy (non-hydrogen) atoms. The Morgan fingerprint density at radius 2 is 2.42 bits per heavy atom. The molecule has 0 aromatic heterocycles. The lowest BCUT2D eigenvalue weighted by Crippen LogP contribution is -2.30. The summed E-state index contributed by atoms with van der Waals surface area (Å²) in [7, 11) is 0. The van der Waals surface area contributed by atoms with Crippen LogP contribution in [0.1, 0.15) is 26.7 Å². The first-order valence-electron chi connectivity index (χ1n) is 4.61. The lowest BCUT2D eigenvalue weighted by atomic mass is 9.93. The molecule has 0 spiro atoms. The summed E-state index contributed by atoms with van der Waals surface area (Å²) in [6.45, 7) is 8.83. The van der Waals surface area contributed by atoms with Crippen LogP contribution >= 0.6 is 0 Å². The summed E-state index contributed by atoms with van der Waals surface area (Å²) in [5.74, 6) is 0.539. The molecule has 1 aliphatic rings. The Bertz CT molecular complexity index is 167. The SMILES string of the molecule is C=C(C)CC(N)C1COC(C)C1. The Morgan fingerprint density at radius 3 is 2.83 bits per heavy atom. The summed E-state index contributed by atoms with van der Waals surface area (Å²) in [5.41, 5.74) is 7.17. The van der Waals surface area contributed by atoms with Gasteiger partial charge in [0.1, 0.15) is 0 Å². The molecule has 3 atom stereocenters. The van der Waals surface area contributed by atoms with Gasteiger partial charge in [0, 0.05) is 12.0 Å². The number of hydrogen-bond acceptors (Lipinski definition) is 2. The van der Waals surface area contributed by atoms with Crippen molar-refractivity contribution in [3.8, 4) is 0 Å². The van der Waals surface area contributed by atoms with E-state index in [-0.39, 0.29) is 6.04 Å². The van der Waals surface area contributed by atoms with Crippen molar-refractivity contribution in [3.63, 3.8) is 0 Å². The van der Waals surface area contributed by atoms with Crippen molar-refractivity contribution in [3.05, 3.63) is 12.2 Å². The Hall–Kier alpha value is -0.340. The monoisotopic (exact) mass is 169 g/mol. The van der Waals surface area contributed by atoms with Gasteiger partial charge in [0.2, 0.25) is 0 Å². The molecule has 1 saturated heterocycles. The lowest BCUT2D eigenvalue weighted by Gasteiger charge is -2.17. The minimum Gasteiger partial charge on any atom is -0.378 e. The maximum atomic E-state index is 6.00. The molecule has 70 valence electrons. The molecule has 2 nitrogen and oxygen atoms in total. The van der Waals surface area contributed by atoms with E-state index in [1.54, 1.807) is 0 Å². The largest absolute Gasteiger partial charge is 0.378 e. The van der Waals surface area contributed by atoms with Gasteiger partial charge in [-0.25, -0.2) is 0 Å². The maximum absolute atomic E-state index is 6.00. The van der Waals surface area contributed by atoms with Crippen LogP contribution < -0.4 is 5.73 Å². The van der Waals surface area contributed by atoms with E-state index in [2.05, 4.69) is 13.5 Å². The predicted octanol–water partition coefficient (Wildman–Crippen LogP) is 1.70. The van der Waals surface area contributed by atoms with Gasteiger partial charge in [-0.1, -0.05) is 5.57 Å². The highest BCUT2D eigenvalue weighted by molar-refractivity contribution is 4.95. The third-order valence-corrected chi connectivity index (χ3v) is 2.42. The first-order valence-corrected chi connectivity index (χ1v) is 4.61. The van der Waals surface area contributed by atoms with Gasteiger partial charge in [-0.2, -0.15) is 0 Å². The summed E-state index contributed by atoms with van der Waals surface area (Å²) < 4.78 is 5.46. The lowest BCUT2D eigenvalue weighted by molar-refractivity contribution is 0.118. The summed E-state index contributed by atoms with van der Waals surface area (Å²) in [6, 6.07) is 0.243. The Morgan fingerprint density at radius 1 is 1.75 bits per heavy atom. The van der Waals surface area contributed by atoms with Crippen LogP contribution in [0.5, 0.6) is 0 Å². The fourth-order valence-electron chi connectivity index (χ4n) is 1.72. The second kappa shape index (κ2) is 4.06. The van der Waals surface area contributed by atoms with Crippen molar-refractivity contribution in [1.82, 2.24) is 0 Å². The molecule has 2 N–H and O–H groups in total. The van der Waals surface area contributed by atoms with Crippen LogP contribution in [0, 0.1) is 5.92 Å². The van der Waals surface area contributed by atoms with Crippen LogP contribution in [-0.2, 0) is 4.74 Å². The Balaban J connectivity index is 2.32.